The van der Waals surface area contributed by atoms with E-state index in [0.717, 1.165) is 22.0 Å². The van der Waals surface area contributed by atoms with Crippen molar-refractivity contribution < 1.29 is 4.79 Å². The average Bonchev–Trinajstić information content (AvgIpc) is 2.55. The number of anilines is 1. The Morgan fingerprint density at radius 1 is 0.905 bits per heavy atom. The molecule has 3 heteroatoms. The van der Waals surface area contributed by atoms with Gasteiger partial charge in [0.05, 0.1) is 0 Å². The van der Waals surface area contributed by atoms with E-state index in [9.17, 15) is 4.79 Å². The number of halogens is 1. The minimum atomic E-state index is -0.127. The molecule has 0 bridgehead atoms. The third-order valence-corrected chi connectivity index (χ3v) is 3.71. The molecular formula is C18H14ClNO. The number of carbonyl (C=O) groups excluding carboxylic acids is 1. The summed E-state index contributed by atoms with van der Waals surface area (Å²) in [5.41, 5.74) is 2.30. The third kappa shape index (κ3) is 2.91. The van der Waals surface area contributed by atoms with Crippen LogP contribution in [0.4, 0.5) is 5.69 Å². The fraction of sp³-hybridized carbons (Fsp3) is 0.0556. The molecule has 0 spiro atoms. The standard InChI is InChI=1S/C18H14ClNO/c19-12-16-7-3-4-8-17(16)20-18(21)15-10-9-13-5-1-2-6-14(13)11-15/h1-11H,12H2,(H,20,21). The van der Waals surface area contributed by atoms with Crippen molar-refractivity contribution in [2.75, 3.05) is 5.32 Å². The third-order valence-electron chi connectivity index (χ3n) is 3.42. The van der Waals surface area contributed by atoms with Crippen molar-refractivity contribution in [3.8, 4) is 0 Å². The molecule has 3 rings (SSSR count). The predicted molar refractivity (Wildman–Crippen MR) is 87.9 cm³/mol. The van der Waals surface area contributed by atoms with E-state index < -0.39 is 0 Å². The van der Waals surface area contributed by atoms with Crippen LogP contribution in [0.5, 0.6) is 0 Å². The van der Waals surface area contributed by atoms with Crippen molar-refractivity contribution >= 4 is 34.0 Å². The number of rotatable bonds is 3. The van der Waals surface area contributed by atoms with Crippen LogP contribution in [-0.4, -0.2) is 5.91 Å². The lowest BCUT2D eigenvalue weighted by molar-refractivity contribution is 0.102. The molecule has 0 aliphatic carbocycles. The number of hydrogen-bond acceptors (Lipinski definition) is 1. The van der Waals surface area contributed by atoms with Gasteiger partial charge in [-0.1, -0.05) is 48.5 Å². The van der Waals surface area contributed by atoms with E-state index in [2.05, 4.69) is 5.32 Å². The van der Waals surface area contributed by atoms with Gasteiger partial charge >= 0.3 is 0 Å². The lowest BCUT2D eigenvalue weighted by Gasteiger charge is -2.09. The molecule has 0 saturated carbocycles. The molecule has 3 aromatic carbocycles. The van der Waals surface area contributed by atoms with Crippen molar-refractivity contribution in [2.24, 2.45) is 0 Å². The van der Waals surface area contributed by atoms with Crippen LogP contribution < -0.4 is 5.32 Å². The van der Waals surface area contributed by atoms with Gasteiger partial charge in [-0.2, -0.15) is 0 Å². The van der Waals surface area contributed by atoms with Gasteiger partial charge < -0.3 is 5.32 Å². The fourth-order valence-corrected chi connectivity index (χ4v) is 2.52. The molecule has 21 heavy (non-hydrogen) atoms. The Morgan fingerprint density at radius 2 is 1.62 bits per heavy atom. The smallest absolute Gasteiger partial charge is 0.255 e. The number of para-hydroxylation sites is 1. The Balaban J connectivity index is 1.90. The Morgan fingerprint density at radius 3 is 2.43 bits per heavy atom. The van der Waals surface area contributed by atoms with Gasteiger partial charge in [-0.05, 0) is 34.5 Å². The maximum atomic E-state index is 12.4. The van der Waals surface area contributed by atoms with Gasteiger partial charge in [0.1, 0.15) is 0 Å². The summed E-state index contributed by atoms with van der Waals surface area (Å²) in [6.45, 7) is 0. The molecule has 0 aliphatic heterocycles. The van der Waals surface area contributed by atoms with E-state index in [4.69, 9.17) is 11.6 Å². The van der Waals surface area contributed by atoms with E-state index >= 15 is 0 Å². The highest BCUT2D eigenvalue weighted by molar-refractivity contribution is 6.17. The number of hydrogen-bond donors (Lipinski definition) is 1. The Hall–Kier alpha value is -2.32. The van der Waals surface area contributed by atoms with Gasteiger partial charge in [-0.25, -0.2) is 0 Å². The highest BCUT2D eigenvalue weighted by Crippen LogP contribution is 2.20. The second-order valence-corrected chi connectivity index (χ2v) is 5.07. The lowest BCUT2D eigenvalue weighted by atomic mass is 10.1. The molecular weight excluding hydrogens is 282 g/mol. The first-order valence-electron chi connectivity index (χ1n) is 6.72. The van der Waals surface area contributed by atoms with Gasteiger partial charge in [0, 0.05) is 17.1 Å². The van der Waals surface area contributed by atoms with Crippen LogP contribution in [0.2, 0.25) is 0 Å². The molecule has 1 amide bonds. The molecule has 0 heterocycles. The summed E-state index contributed by atoms with van der Waals surface area (Å²) in [6.07, 6.45) is 0. The zero-order valence-corrected chi connectivity index (χ0v) is 12.1. The largest absolute Gasteiger partial charge is 0.322 e. The van der Waals surface area contributed by atoms with Gasteiger partial charge in [-0.3, -0.25) is 4.79 Å². The molecule has 0 radical (unpaired) electrons. The number of alkyl halides is 1. The summed E-state index contributed by atoms with van der Waals surface area (Å²) in [5.74, 6) is 0.243. The first-order valence-corrected chi connectivity index (χ1v) is 7.25. The second kappa shape index (κ2) is 5.98. The molecule has 0 aromatic heterocycles. The van der Waals surface area contributed by atoms with Crippen LogP contribution in [0.15, 0.2) is 66.7 Å². The summed E-state index contributed by atoms with van der Waals surface area (Å²) >= 11 is 5.89. The van der Waals surface area contributed by atoms with Crippen molar-refractivity contribution in [2.45, 2.75) is 5.88 Å². The highest BCUT2D eigenvalue weighted by Gasteiger charge is 2.09. The first kappa shape index (κ1) is 13.7. The Bertz CT molecular complexity index is 798. The van der Waals surface area contributed by atoms with Gasteiger partial charge in [0.2, 0.25) is 0 Å². The number of benzene rings is 3. The minimum absolute atomic E-state index is 0.127. The maximum Gasteiger partial charge on any atom is 0.255 e. The zero-order valence-electron chi connectivity index (χ0n) is 11.3. The quantitative estimate of drug-likeness (QED) is 0.689. The monoisotopic (exact) mass is 295 g/mol. The van der Waals surface area contributed by atoms with E-state index in [0.29, 0.717) is 11.4 Å². The molecule has 1 N–H and O–H groups in total. The van der Waals surface area contributed by atoms with E-state index in [1.165, 1.54) is 0 Å². The molecule has 3 aromatic rings. The summed E-state index contributed by atoms with van der Waals surface area (Å²) in [5, 5.41) is 5.09. The number of carbonyl (C=O) groups is 1. The van der Waals surface area contributed by atoms with Gasteiger partial charge in [0.15, 0.2) is 0 Å². The van der Waals surface area contributed by atoms with Gasteiger partial charge in [0.25, 0.3) is 5.91 Å². The molecule has 0 unspecified atom stereocenters. The van der Waals surface area contributed by atoms with Gasteiger partial charge in [-0.15, -0.1) is 11.6 Å². The van der Waals surface area contributed by atoms with Crippen molar-refractivity contribution in [1.82, 2.24) is 0 Å². The Kier molecular flexibility index (Phi) is 3.89. The molecule has 104 valence electrons. The van der Waals surface area contributed by atoms with Crippen LogP contribution in [-0.2, 0) is 5.88 Å². The predicted octanol–water partition coefficient (Wildman–Crippen LogP) is 4.83. The van der Waals surface area contributed by atoms with E-state index in [1.54, 1.807) is 0 Å². The number of nitrogens with one attached hydrogen (secondary N) is 1. The van der Waals surface area contributed by atoms with Crippen LogP contribution in [0, 0.1) is 0 Å². The maximum absolute atomic E-state index is 12.4. The molecule has 0 atom stereocenters. The normalized spacial score (nSPS) is 10.5. The average molecular weight is 296 g/mol. The van der Waals surface area contributed by atoms with Crippen LogP contribution in [0.1, 0.15) is 15.9 Å². The number of fused-ring (bicyclic) bond motifs is 1. The summed E-state index contributed by atoms with van der Waals surface area (Å²) < 4.78 is 0. The summed E-state index contributed by atoms with van der Waals surface area (Å²) in [6, 6.07) is 21.2. The highest BCUT2D eigenvalue weighted by atomic mass is 35.5. The summed E-state index contributed by atoms with van der Waals surface area (Å²) in [4.78, 5) is 12.4. The minimum Gasteiger partial charge on any atom is -0.322 e. The zero-order chi connectivity index (χ0) is 14.7. The lowest BCUT2D eigenvalue weighted by Crippen LogP contribution is -2.12. The number of amides is 1. The van der Waals surface area contributed by atoms with Crippen LogP contribution in [0.25, 0.3) is 10.8 Å². The Labute approximate surface area is 128 Å². The molecule has 0 aliphatic rings. The topological polar surface area (TPSA) is 29.1 Å². The molecule has 0 saturated heterocycles. The van der Waals surface area contributed by atoms with E-state index in [1.807, 2.05) is 66.7 Å². The van der Waals surface area contributed by atoms with E-state index in [-0.39, 0.29) is 5.91 Å². The van der Waals surface area contributed by atoms with Crippen LogP contribution >= 0.6 is 11.6 Å². The van der Waals surface area contributed by atoms with Crippen molar-refractivity contribution in [1.29, 1.82) is 0 Å². The fourth-order valence-electron chi connectivity index (χ4n) is 2.28. The van der Waals surface area contributed by atoms with Crippen molar-refractivity contribution in [3.63, 3.8) is 0 Å². The molecule has 0 fully saturated rings. The van der Waals surface area contributed by atoms with Crippen LogP contribution in [0.3, 0.4) is 0 Å². The summed E-state index contributed by atoms with van der Waals surface area (Å²) in [7, 11) is 0. The second-order valence-electron chi connectivity index (χ2n) is 4.81. The van der Waals surface area contributed by atoms with Crippen molar-refractivity contribution in [3.05, 3.63) is 77.9 Å². The first-order chi connectivity index (χ1) is 10.3. The SMILES string of the molecule is O=C(Nc1ccccc1CCl)c1ccc2ccccc2c1. The molecule has 2 nitrogen and oxygen atoms in total.